The van der Waals surface area contributed by atoms with Crippen LogP contribution in [0, 0.1) is 0 Å². The molecule has 178 valence electrons. The zero-order valence-electron chi connectivity index (χ0n) is 19.5. The first-order valence-corrected chi connectivity index (χ1v) is 12.0. The molecule has 2 heterocycles. The predicted octanol–water partition coefficient (Wildman–Crippen LogP) is 5.26. The number of anilines is 1. The molecule has 1 aliphatic heterocycles. The Bertz CT molecular complexity index is 1160. The number of halogens is 1. The van der Waals surface area contributed by atoms with Gasteiger partial charge < -0.3 is 10.1 Å². The van der Waals surface area contributed by atoms with Crippen molar-refractivity contribution in [2.45, 2.75) is 51.6 Å². The highest BCUT2D eigenvalue weighted by Crippen LogP contribution is 2.33. The number of fused-ring (bicyclic) bond motifs is 1. The molecule has 1 unspecified atom stereocenters. The van der Waals surface area contributed by atoms with E-state index in [9.17, 15) is 9.59 Å². The number of ether oxygens (including phenoxy) is 1. The van der Waals surface area contributed by atoms with Crippen molar-refractivity contribution >= 4 is 29.4 Å². The minimum atomic E-state index is -0.557. The van der Waals surface area contributed by atoms with Crippen molar-refractivity contribution in [3.05, 3.63) is 76.6 Å². The number of benzene rings is 2. The van der Waals surface area contributed by atoms with E-state index in [1.165, 1.54) is 10.5 Å². The largest absolute Gasteiger partial charge is 0.414 e. The lowest BCUT2D eigenvalue weighted by atomic mass is 10.1. The summed E-state index contributed by atoms with van der Waals surface area (Å²) in [6.07, 6.45) is 3.81. The molecule has 2 aromatic carbocycles. The molecule has 1 aromatic heterocycles. The first-order chi connectivity index (χ1) is 16.4. The first kappa shape index (κ1) is 23.8. The zero-order chi connectivity index (χ0) is 24.1. The SMILES string of the molecule is CC(CCc1ccccc1)NC(=O)Oc1c(N(C)C(=O)c2cccc(Cl)c2)nc2n1CCCC2. The van der Waals surface area contributed by atoms with Crippen molar-refractivity contribution < 1.29 is 14.3 Å². The number of rotatable bonds is 7. The summed E-state index contributed by atoms with van der Waals surface area (Å²) in [6, 6.07) is 16.8. The maximum Gasteiger partial charge on any atom is 0.414 e. The number of aryl methyl sites for hydroxylation is 2. The Labute approximate surface area is 204 Å². The fourth-order valence-electron chi connectivity index (χ4n) is 4.09. The second-order valence-corrected chi connectivity index (χ2v) is 9.04. The van der Waals surface area contributed by atoms with Crippen molar-refractivity contribution in [1.82, 2.24) is 14.9 Å². The second kappa shape index (κ2) is 10.7. The summed E-state index contributed by atoms with van der Waals surface area (Å²) in [5.74, 6) is 1.15. The number of imidazole rings is 1. The van der Waals surface area contributed by atoms with Crippen LogP contribution in [0.1, 0.15) is 47.9 Å². The fraction of sp³-hybridized carbons (Fsp3) is 0.346. The van der Waals surface area contributed by atoms with Gasteiger partial charge in [-0.1, -0.05) is 48.0 Å². The van der Waals surface area contributed by atoms with Crippen molar-refractivity contribution in [2.24, 2.45) is 0 Å². The molecule has 0 bridgehead atoms. The van der Waals surface area contributed by atoms with Crippen molar-refractivity contribution in [2.75, 3.05) is 11.9 Å². The van der Waals surface area contributed by atoms with Gasteiger partial charge in [-0.2, -0.15) is 0 Å². The number of carbonyl (C=O) groups excluding carboxylic acids is 2. The zero-order valence-corrected chi connectivity index (χ0v) is 20.2. The topological polar surface area (TPSA) is 76.5 Å². The Hall–Kier alpha value is -3.32. The number of nitrogens with zero attached hydrogens (tertiary/aromatic N) is 3. The molecule has 0 radical (unpaired) electrons. The van der Waals surface area contributed by atoms with Gasteiger partial charge in [-0.05, 0) is 56.4 Å². The molecule has 2 amide bonds. The number of nitrogens with one attached hydrogen (secondary N) is 1. The lowest BCUT2D eigenvalue weighted by molar-refractivity contribution is 0.0991. The Kier molecular flexibility index (Phi) is 7.53. The van der Waals surface area contributed by atoms with Gasteiger partial charge in [0.05, 0.1) is 0 Å². The molecule has 34 heavy (non-hydrogen) atoms. The molecule has 8 heteroatoms. The summed E-state index contributed by atoms with van der Waals surface area (Å²) < 4.78 is 7.67. The fourth-order valence-corrected chi connectivity index (χ4v) is 4.28. The minimum Gasteiger partial charge on any atom is -0.389 e. The number of hydrogen-bond acceptors (Lipinski definition) is 4. The summed E-state index contributed by atoms with van der Waals surface area (Å²) in [7, 11) is 1.63. The van der Waals surface area contributed by atoms with E-state index >= 15 is 0 Å². The van der Waals surface area contributed by atoms with Gasteiger partial charge >= 0.3 is 6.09 Å². The van der Waals surface area contributed by atoms with Gasteiger partial charge in [-0.25, -0.2) is 9.78 Å². The third kappa shape index (κ3) is 5.59. The van der Waals surface area contributed by atoms with Crippen LogP contribution in [-0.2, 0) is 19.4 Å². The molecule has 0 spiro atoms. The lowest BCUT2D eigenvalue weighted by Gasteiger charge is -2.20. The Morgan fingerprint density at radius 1 is 1.18 bits per heavy atom. The highest BCUT2D eigenvalue weighted by molar-refractivity contribution is 6.31. The number of carbonyl (C=O) groups is 2. The molecule has 1 atom stereocenters. The maximum absolute atomic E-state index is 13.1. The molecular weight excluding hydrogens is 452 g/mol. The molecule has 7 nitrogen and oxygen atoms in total. The molecule has 0 saturated heterocycles. The molecule has 0 aliphatic carbocycles. The molecule has 0 fully saturated rings. The van der Waals surface area contributed by atoms with Crippen LogP contribution in [-0.4, -0.2) is 34.6 Å². The summed E-state index contributed by atoms with van der Waals surface area (Å²) >= 11 is 6.07. The van der Waals surface area contributed by atoms with Crippen LogP contribution in [0.4, 0.5) is 10.6 Å². The molecule has 1 aliphatic rings. The summed E-state index contributed by atoms with van der Waals surface area (Å²) in [5, 5.41) is 3.38. The van der Waals surface area contributed by atoms with Crippen LogP contribution in [0.15, 0.2) is 54.6 Å². The minimum absolute atomic E-state index is 0.0780. The highest BCUT2D eigenvalue weighted by Gasteiger charge is 2.28. The molecule has 3 aromatic rings. The van der Waals surface area contributed by atoms with Gasteiger partial charge in [0, 0.05) is 36.6 Å². The molecule has 1 N–H and O–H groups in total. The van der Waals surface area contributed by atoms with E-state index in [1.54, 1.807) is 31.3 Å². The lowest BCUT2D eigenvalue weighted by Crippen LogP contribution is -2.36. The third-order valence-corrected chi connectivity index (χ3v) is 6.21. The second-order valence-electron chi connectivity index (χ2n) is 8.60. The van der Waals surface area contributed by atoms with E-state index < -0.39 is 6.09 Å². The smallest absolute Gasteiger partial charge is 0.389 e. The monoisotopic (exact) mass is 480 g/mol. The van der Waals surface area contributed by atoms with Crippen molar-refractivity contribution in [3.8, 4) is 5.88 Å². The van der Waals surface area contributed by atoms with Gasteiger partial charge in [0.1, 0.15) is 5.82 Å². The van der Waals surface area contributed by atoms with Crippen LogP contribution < -0.4 is 15.0 Å². The average molecular weight is 481 g/mol. The van der Waals surface area contributed by atoms with E-state index in [-0.39, 0.29) is 11.9 Å². The van der Waals surface area contributed by atoms with Gasteiger partial charge in [0.25, 0.3) is 5.91 Å². The molecule has 0 saturated carbocycles. The first-order valence-electron chi connectivity index (χ1n) is 11.6. The van der Waals surface area contributed by atoms with Crippen LogP contribution in [0.3, 0.4) is 0 Å². The summed E-state index contributed by atoms with van der Waals surface area (Å²) in [5.41, 5.74) is 1.66. The van der Waals surface area contributed by atoms with E-state index in [0.29, 0.717) is 28.8 Å². The predicted molar refractivity (Wildman–Crippen MR) is 133 cm³/mol. The quantitative estimate of drug-likeness (QED) is 0.500. The van der Waals surface area contributed by atoms with E-state index in [0.717, 1.165) is 37.9 Å². The highest BCUT2D eigenvalue weighted by atomic mass is 35.5. The Morgan fingerprint density at radius 3 is 2.74 bits per heavy atom. The van der Waals surface area contributed by atoms with E-state index in [1.807, 2.05) is 29.7 Å². The van der Waals surface area contributed by atoms with E-state index in [2.05, 4.69) is 22.4 Å². The number of amides is 2. The van der Waals surface area contributed by atoms with Gasteiger partial charge in [0.15, 0.2) is 5.82 Å². The van der Waals surface area contributed by atoms with Crippen molar-refractivity contribution in [1.29, 1.82) is 0 Å². The third-order valence-electron chi connectivity index (χ3n) is 5.97. The average Bonchev–Trinajstić information content (AvgIpc) is 3.20. The standard InChI is InChI=1S/C26H29ClN4O3/c1-18(14-15-19-9-4-3-5-10-19)28-26(33)34-25-23(29-22-13-6-7-16-31(22)25)30(2)24(32)20-11-8-12-21(27)17-20/h3-5,8-12,17-18H,6-7,13-16H2,1-2H3,(H,28,33). The van der Waals surface area contributed by atoms with Gasteiger partial charge in [-0.3, -0.25) is 14.3 Å². The van der Waals surface area contributed by atoms with Crippen LogP contribution >= 0.6 is 11.6 Å². The Morgan fingerprint density at radius 2 is 1.97 bits per heavy atom. The van der Waals surface area contributed by atoms with Crippen LogP contribution in [0.2, 0.25) is 5.02 Å². The normalized spacial score (nSPS) is 13.6. The Balaban J connectivity index is 1.49. The van der Waals surface area contributed by atoms with Crippen molar-refractivity contribution in [3.63, 3.8) is 0 Å². The summed E-state index contributed by atoms with van der Waals surface area (Å²) in [6.45, 7) is 2.64. The summed E-state index contributed by atoms with van der Waals surface area (Å²) in [4.78, 5) is 32.0. The van der Waals surface area contributed by atoms with Gasteiger partial charge in [-0.15, -0.1) is 0 Å². The van der Waals surface area contributed by atoms with Gasteiger partial charge in [0.2, 0.25) is 5.88 Å². The maximum atomic E-state index is 13.1. The number of hydrogen-bond donors (Lipinski definition) is 1. The number of aromatic nitrogens is 2. The molecular formula is C26H29ClN4O3. The molecule has 4 rings (SSSR count). The van der Waals surface area contributed by atoms with Crippen LogP contribution in [0.25, 0.3) is 0 Å². The van der Waals surface area contributed by atoms with E-state index in [4.69, 9.17) is 16.3 Å². The van der Waals surface area contributed by atoms with Crippen LogP contribution in [0.5, 0.6) is 5.88 Å².